The minimum atomic E-state index is 1.31. The zero-order chi connectivity index (χ0) is 16.3. The van der Waals surface area contributed by atoms with E-state index in [9.17, 15) is 0 Å². The molecule has 0 unspecified atom stereocenters. The predicted molar refractivity (Wildman–Crippen MR) is 106 cm³/mol. The number of benzene rings is 5. The molecule has 5 aromatic rings. The summed E-state index contributed by atoms with van der Waals surface area (Å²) in [6.07, 6.45) is 0. The van der Waals surface area contributed by atoms with Gasteiger partial charge < -0.3 is 0 Å². The van der Waals surface area contributed by atoms with Gasteiger partial charge in [0.15, 0.2) is 0 Å². The lowest BCUT2D eigenvalue weighted by atomic mass is 9.93. The van der Waals surface area contributed by atoms with Crippen LogP contribution in [0, 0.1) is 13.8 Å². The first-order chi connectivity index (χ1) is 11.7. The summed E-state index contributed by atoms with van der Waals surface area (Å²) in [6.45, 7) is 4.35. The lowest BCUT2D eigenvalue weighted by Gasteiger charge is -2.11. The lowest BCUT2D eigenvalue weighted by molar-refractivity contribution is 1.51. The van der Waals surface area contributed by atoms with Crippen molar-refractivity contribution in [2.45, 2.75) is 13.8 Å². The van der Waals surface area contributed by atoms with Gasteiger partial charge in [0, 0.05) is 0 Å². The number of rotatable bonds is 0. The van der Waals surface area contributed by atoms with Crippen LogP contribution in [0.15, 0.2) is 72.8 Å². The first-order valence-electron chi connectivity index (χ1n) is 8.46. The summed E-state index contributed by atoms with van der Waals surface area (Å²) in [6, 6.07) is 27.0. The van der Waals surface area contributed by atoms with Gasteiger partial charge in [-0.2, -0.15) is 0 Å². The second kappa shape index (κ2) is 4.82. The van der Waals surface area contributed by atoms with Crippen LogP contribution in [-0.2, 0) is 0 Å². The molecular weight excluding hydrogens is 288 g/mol. The highest BCUT2D eigenvalue weighted by molar-refractivity contribution is 6.22. The Labute approximate surface area is 141 Å². The molecule has 0 amide bonds. The molecule has 5 rings (SSSR count). The number of hydrogen-bond donors (Lipinski definition) is 0. The molecule has 0 aromatic heterocycles. The molecule has 24 heavy (non-hydrogen) atoms. The molecular formula is C24H18. The van der Waals surface area contributed by atoms with Gasteiger partial charge in [0.2, 0.25) is 0 Å². The van der Waals surface area contributed by atoms with Gasteiger partial charge in [-0.3, -0.25) is 0 Å². The molecule has 0 radical (unpaired) electrons. The van der Waals surface area contributed by atoms with Gasteiger partial charge in [-0.1, -0.05) is 78.4 Å². The molecule has 114 valence electrons. The van der Waals surface area contributed by atoms with Gasteiger partial charge >= 0.3 is 0 Å². The molecule has 0 bridgehead atoms. The zero-order valence-corrected chi connectivity index (χ0v) is 13.9. The zero-order valence-electron chi connectivity index (χ0n) is 13.9. The van der Waals surface area contributed by atoms with E-state index in [0.717, 1.165) is 0 Å². The molecule has 0 heterocycles. The van der Waals surface area contributed by atoms with Crippen LogP contribution in [0.3, 0.4) is 0 Å². The van der Waals surface area contributed by atoms with Crippen molar-refractivity contribution in [2.75, 3.05) is 0 Å². The molecule has 0 spiro atoms. The lowest BCUT2D eigenvalue weighted by Crippen LogP contribution is -1.84. The topological polar surface area (TPSA) is 0 Å². The van der Waals surface area contributed by atoms with E-state index < -0.39 is 0 Å². The SMILES string of the molecule is Cc1ccc2ccc3c(ccc4c5cccc(C)c5ccc43)c2c1. The van der Waals surface area contributed by atoms with Crippen molar-refractivity contribution in [1.29, 1.82) is 0 Å². The summed E-state index contributed by atoms with van der Waals surface area (Å²) in [5.41, 5.74) is 2.65. The Kier molecular flexibility index (Phi) is 2.72. The molecule has 0 atom stereocenters. The van der Waals surface area contributed by atoms with E-state index in [1.807, 2.05) is 0 Å². The van der Waals surface area contributed by atoms with Crippen LogP contribution >= 0.6 is 0 Å². The van der Waals surface area contributed by atoms with Gasteiger partial charge in [-0.25, -0.2) is 0 Å². The quantitative estimate of drug-likeness (QED) is 0.272. The molecule has 5 aromatic carbocycles. The Bertz CT molecular complexity index is 1230. The summed E-state index contributed by atoms with van der Waals surface area (Å²) >= 11 is 0. The minimum absolute atomic E-state index is 1.31. The first kappa shape index (κ1) is 13.6. The van der Waals surface area contributed by atoms with Gasteiger partial charge in [0.1, 0.15) is 0 Å². The molecule has 0 saturated carbocycles. The molecule has 0 heteroatoms. The van der Waals surface area contributed by atoms with Gasteiger partial charge in [-0.05, 0) is 62.5 Å². The Morgan fingerprint density at radius 1 is 0.458 bits per heavy atom. The molecule has 0 fully saturated rings. The first-order valence-corrected chi connectivity index (χ1v) is 8.46. The maximum atomic E-state index is 2.30. The highest BCUT2D eigenvalue weighted by atomic mass is 14.1. The van der Waals surface area contributed by atoms with Crippen LogP contribution in [0.5, 0.6) is 0 Å². The number of fused-ring (bicyclic) bond motifs is 7. The predicted octanol–water partition coefficient (Wildman–Crippen LogP) is 6.92. The van der Waals surface area contributed by atoms with Crippen molar-refractivity contribution in [3.05, 3.63) is 83.9 Å². The van der Waals surface area contributed by atoms with E-state index in [1.165, 1.54) is 54.2 Å². The summed E-state index contributed by atoms with van der Waals surface area (Å²) in [5.74, 6) is 0. The Balaban J connectivity index is 2.01. The van der Waals surface area contributed by atoms with E-state index >= 15 is 0 Å². The second-order valence-electron chi connectivity index (χ2n) is 6.78. The molecule has 0 aliphatic rings. The highest BCUT2D eigenvalue weighted by Crippen LogP contribution is 2.35. The van der Waals surface area contributed by atoms with Crippen molar-refractivity contribution in [3.63, 3.8) is 0 Å². The van der Waals surface area contributed by atoms with Gasteiger partial charge in [-0.15, -0.1) is 0 Å². The van der Waals surface area contributed by atoms with Gasteiger partial charge in [0.25, 0.3) is 0 Å². The smallest absolute Gasteiger partial charge is 0.00987 e. The van der Waals surface area contributed by atoms with Crippen LogP contribution in [-0.4, -0.2) is 0 Å². The van der Waals surface area contributed by atoms with Crippen LogP contribution in [0.1, 0.15) is 11.1 Å². The fourth-order valence-electron chi connectivity index (χ4n) is 3.99. The van der Waals surface area contributed by atoms with E-state index in [-0.39, 0.29) is 0 Å². The van der Waals surface area contributed by atoms with Crippen LogP contribution < -0.4 is 0 Å². The van der Waals surface area contributed by atoms with Crippen molar-refractivity contribution < 1.29 is 0 Å². The van der Waals surface area contributed by atoms with Crippen LogP contribution in [0.25, 0.3) is 43.1 Å². The molecule has 0 aliphatic heterocycles. The monoisotopic (exact) mass is 306 g/mol. The largest absolute Gasteiger partial charge is 0.0613 e. The third-order valence-electron chi connectivity index (χ3n) is 5.25. The maximum Gasteiger partial charge on any atom is -0.00987 e. The van der Waals surface area contributed by atoms with E-state index in [1.54, 1.807) is 0 Å². The molecule has 0 nitrogen and oxygen atoms in total. The Morgan fingerprint density at radius 2 is 1.00 bits per heavy atom. The Morgan fingerprint density at radius 3 is 1.75 bits per heavy atom. The average molecular weight is 306 g/mol. The van der Waals surface area contributed by atoms with Crippen molar-refractivity contribution >= 4 is 43.1 Å². The maximum absolute atomic E-state index is 2.30. The third kappa shape index (κ3) is 1.80. The molecule has 0 saturated heterocycles. The number of hydrogen-bond acceptors (Lipinski definition) is 0. The fraction of sp³-hybridized carbons (Fsp3) is 0.0833. The normalized spacial score (nSPS) is 11.8. The average Bonchev–Trinajstić information content (AvgIpc) is 2.61. The summed E-state index contributed by atoms with van der Waals surface area (Å²) in [5, 5.41) is 10.7. The van der Waals surface area contributed by atoms with Crippen LogP contribution in [0.4, 0.5) is 0 Å². The van der Waals surface area contributed by atoms with Gasteiger partial charge in [0.05, 0.1) is 0 Å². The van der Waals surface area contributed by atoms with E-state index in [2.05, 4.69) is 86.6 Å². The van der Waals surface area contributed by atoms with Crippen LogP contribution in [0.2, 0.25) is 0 Å². The number of aryl methyl sites for hydroxylation is 2. The summed E-state index contributed by atoms with van der Waals surface area (Å²) in [7, 11) is 0. The fourth-order valence-corrected chi connectivity index (χ4v) is 3.99. The highest BCUT2D eigenvalue weighted by Gasteiger charge is 2.08. The van der Waals surface area contributed by atoms with Crippen molar-refractivity contribution in [1.82, 2.24) is 0 Å². The summed E-state index contributed by atoms with van der Waals surface area (Å²) in [4.78, 5) is 0. The third-order valence-corrected chi connectivity index (χ3v) is 5.25. The minimum Gasteiger partial charge on any atom is -0.0613 e. The standard InChI is InChI=1S/C24H18/c1-15-6-7-17-8-9-20-22-11-10-18-16(2)4-3-5-19(18)21(22)12-13-23(20)24(17)14-15/h3-14H,1-2H3. The second-order valence-corrected chi connectivity index (χ2v) is 6.78. The van der Waals surface area contributed by atoms with E-state index in [0.29, 0.717) is 0 Å². The molecule has 0 aliphatic carbocycles. The molecule has 0 N–H and O–H groups in total. The summed E-state index contributed by atoms with van der Waals surface area (Å²) < 4.78 is 0. The van der Waals surface area contributed by atoms with E-state index in [4.69, 9.17) is 0 Å². The van der Waals surface area contributed by atoms with Crippen molar-refractivity contribution in [2.24, 2.45) is 0 Å². The Hall–Kier alpha value is -2.86. The van der Waals surface area contributed by atoms with Crippen molar-refractivity contribution in [3.8, 4) is 0 Å².